The van der Waals surface area contributed by atoms with Gasteiger partial charge in [-0.1, -0.05) is 72.8 Å². The lowest BCUT2D eigenvalue weighted by Crippen LogP contribution is -2.31. The van der Waals surface area contributed by atoms with Gasteiger partial charge in [-0.25, -0.2) is 9.67 Å². The number of anilines is 2. The van der Waals surface area contributed by atoms with E-state index in [0.717, 1.165) is 16.7 Å². The average molecular weight is 545 g/mol. The van der Waals surface area contributed by atoms with E-state index in [4.69, 9.17) is 19.6 Å². The molecule has 0 saturated heterocycles. The Bertz CT molecular complexity index is 1700. The van der Waals surface area contributed by atoms with Crippen LogP contribution in [0, 0.1) is 0 Å². The van der Waals surface area contributed by atoms with Crippen LogP contribution in [0.2, 0.25) is 0 Å². The predicted octanol–water partition coefficient (Wildman–Crippen LogP) is 5.86. The fourth-order valence-electron chi connectivity index (χ4n) is 4.79. The maximum absolute atomic E-state index is 13.8. The Kier molecular flexibility index (Phi) is 7.15. The van der Waals surface area contributed by atoms with Gasteiger partial charge in [0.05, 0.1) is 12.7 Å². The first-order valence-corrected chi connectivity index (χ1v) is 13.2. The van der Waals surface area contributed by atoms with Gasteiger partial charge in [0.25, 0.3) is 5.91 Å². The van der Waals surface area contributed by atoms with Crippen LogP contribution in [0.3, 0.4) is 0 Å². The lowest BCUT2D eigenvalue weighted by atomic mass is 9.94. The van der Waals surface area contributed by atoms with Gasteiger partial charge in [0.1, 0.15) is 18.5 Å². The highest BCUT2D eigenvalue weighted by atomic mass is 16.5. The zero-order valence-electron chi connectivity index (χ0n) is 22.6. The molecule has 3 heterocycles. The molecule has 1 aliphatic rings. The highest BCUT2D eigenvalue weighted by molar-refractivity contribution is 6.05. The van der Waals surface area contributed by atoms with Crippen LogP contribution < -0.4 is 20.1 Å². The Labute approximate surface area is 237 Å². The van der Waals surface area contributed by atoms with Gasteiger partial charge in [-0.3, -0.25) is 4.79 Å². The number of carbonyl (C=O) groups is 1. The molecule has 0 saturated carbocycles. The molecule has 0 aliphatic carbocycles. The number of aromatic nitrogens is 4. The van der Waals surface area contributed by atoms with Crippen molar-refractivity contribution in [2.75, 3.05) is 17.7 Å². The van der Waals surface area contributed by atoms with Gasteiger partial charge in [-0.15, -0.1) is 5.10 Å². The number of nitrogens with one attached hydrogen (secondary N) is 2. The van der Waals surface area contributed by atoms with Gasteiger partial charge in [0, 0.05) is 17.5 Å². The van der Waals surface area contributed by atoms with E-state index in [9.17, 15) is 4.79 Å². The SMILES string of the molecule is COc1ccc(C2C(C(=O)Nc3ccccn3)=C(C)Nc3nc(-c4ccccc4)nn32)cc1OCc1ccccc1. The second-order valence-corrected chi connectivity index (χ2v) is 9.49. The third-order valence-corrected chi connectivity index (χ3v) is 6.78. The van der Waals surface area contributed by atoms with Gasteiger partial charge in [-0.2, -0.15) is 4.98 Å². The van der Waals surface area contributed by atoms with Crippen molar-refractivity contribution in [1.82, 2.24) is 19.7 Å². The molecule has 9 nitrogen and oxygen atoms in total. The first-order valence-electron chi connectivity index (χ1n) is 13.2. The Morgan fingerprint density at radius 3 is 2.44 bits per heavy atom. The maximum atomic E-state index is 13.8. The number of carbonyl (C=O) groups excluding carboxylic acids is 1. The second-order valence-electron chi connectivity index (χ2n) is 9.49. The van der Waals surface area contributed by atoms with Gasteiger partial charge in [0.15, 0.2) is 17.3 Å². The van der Waals surface area contributed by atoms with Gasteiger partial charge < -0.3 is 20.1 Å². The Hall–Kier alpha value is -5.44. The Balaban J connectivity index is 1.43. The number of pyridine rings is 1. The average Bonchev–Trinajstić information content (AvgIpc) is 3.44. The summed E-state index contributed by atoms with van der Waals surface area (Å²) in [5.41, 5.74) is 3.82. The third-order valence-electron chi connectivity index (χ3n) is 6.78. The van der Waals surface area contributed by atoms with Crippen molar-refractivity contribution in [3.8, 4) is 22.9 Å². The van der Waals surface area contributed by atoms with Gasteiger partial charge in [0.2, 0.25) is 5.95 Å². The van der Waals surface area contributed by atoms with Crippen molar-refractivity contribution in [2.24, 2.45) is 0 Å². The minimum absolute atomic E-state index is 0.302. The summed E-state index contributed by atoms with van der Waals surface area (Å²) in [6.07, 6.45) is 1.63. The fourth-order valence-corrected chi connectivity index (χ4v) is 4.79. The van der Waals surface area contributed by atoms with Crippen molar-refractivity contribution >= 4 is 17.7 Å². The highest BCUT2D eigenvalue weighted by Crippen LogP contribution is 2.40. The molecule has 6 rings (SSSR count). The van der Waals surface area contributed by atoms with E-state index in [0.29, 0.717) is 47.0 Å². The van der Waals surface area contributed by atoms with Crippen LogP contribution in [-0.4, -0.2) is 32.8 Å². The first kappa shape index (κ1) is 25.8. The minimum atomic E-state index is -0.607. The van der Waals surface area contributed by atoms with Crippen LogP contribution in [0.1, 0.15) is 24.1 Å². The molecule has 0 bridgehead atoms. The van der Waals surface area contributed by atoms with Gasteiger partial charge >= 0.3 is 0 Å². The molecule has 1 aliphatic heterocycles. The van der Waals surface area contributed by atoms with Crippen molar-refractivity contribution < 1.29 is 14.3 Å². The lowest BCUT2D eigenvalue weighted by Gasteiger charge is -2.29. The van der Waals surface area contributed by atoms with E-state index in [2.05, 4.69) is 15.6 Å². The number of methoxy groups -OCH3 is 1. The number of hydrogen-bond acceptors (Lipinski definition) is 7. The molecule has 1 atom stereocenters. The topological polar surface area (TPSA) is 103 Å². The van der Waals surface area contributed by atoms with E-state index in [-0.39, 0.29) is 5.91 Å². The van der Waals surface area contributed by atoms with Crippen molar-refractivity contribution in [3.05, 3.63) is 126 Å². The first-order chi connectivity index (χ1) is 20.1. The predicted molar refractivity (Wildman–Crippen MR) is 157 cm³/mol. The number of benzene rings is 3. The quantitative estimate of drug-likeness (QED) is 0.252. The number of ether oxygens (including phenoxy) is 2. The molecule has 9 heteroatoms. The van der Waals surface area contributed by atoms with Crippen molar-refractivity contribution in [1.29, 1.82) is 0 Å². The summed E-state index contributed by atoms with van der Waals surface area (Å²) in [5, 5.41) is 11.1. The monoisotopic (exact) mass is 544 g/mol. The summed E-state index contributed by atoms with van der Waals surface area (Å²) in [6.45, 7) is 2.22. The summed E-state index contributed by atoms with van der Waals surface area (Å²) >= 11 is 0. The van der Waals surface area contributed by atoms with Crippen LogP contribution in [-0.2, 0) is 11.4 Å². The molecular formula is C32H28N6O3. The minimum Gasteiger partial charge on any atom is -0.493 e. The number of amides is 1. The maximum Gasteiger partial charge on any atom is 0.257 e. The molecule has 2 aromatic heterocycles. The summed E-state index contributed by atoms with van der Waals surface area (Å²) < 4.78 is 13.6. The van der Waals surface area contributed by atoms with E-state index in [1.807, 2.05) is 91.9 Å². The molecule has 1 amide bonds. The zero-order valence-corrected chi connectivity index (χ0v) is 22.6. The molecule has 0 radical (unpaired) electrons. The molecular weight excluding hydrogens is 516 g/mol. The number of allylic oxidation sites excluding steroid dienone is 1. The van der Waals surface area contributed by atoms with E-state index >= 15 is 0 Å². The molecule has 5 aromatic rings. The van der Waals surface area contributed by atoms with E-state index < -0.39 is 6.04 Å². The summed E-state index contributed by atoms with van der Waals surface area (Å²) in [7, 11) is 1.60. The number of rotatable bonds is 8. The molecule has 41 heavy (non-hydrogen) atoms. The number of fused-ring (bicyclic) bond motifs is 1. The second kappa shape index (κ2) is 11.4. The summed E-state index contributed by atoms with van der Waals surface area (Å²) in [6, 6.07) is 30.1. The standard InChI is InChI=1S/C32H28N6O3/c1-21-28(31(39)35-27-15-9-10-18-33-27)29(38-32(34-21)36-30(37-38)23-13-7-4-8-14-23)24-16-17-25(40-2)26(19-24)41-20-22-11-5-3-6-12-22/h3-19,29H,20H2,1-2H3,(H,33,35,39)(H,34,36,37). The van der Waals surface area contributed by atoms with Crippen LogP contribution in [0.25, 0.3) is 11.4 Å². The molecule has 0 fully saturated rings. The van der Waals surface area contributed by atoms with Crippen molar-refractivity contribution in [2.45, 2.75) is 19.6 Å². The number of nitrogens with zero attached hydrogens (tertiary/aromatic N) is 4. The van der Waals surface area contributed by atoms with E-state index in [1.54, 1.807) is 30.1 Å². The van der Waals surface area contributed by atoms with Crippen LogP contribution in [0.15, 0.2) is 115 Å². The fraction of sp³-hybridized carbons (Fsp3) is 0.125. The normalized spacial score (nSPS) is 14.1. The summed E-state index contributed by atoms with van der Waals surface area (Å²) in [5.74, 6) is 2.37. The molecule has 3 aromatic carbocycles. The van der Waals surface area contributed by atoms with Gasteiger partial charge in [-0.05, 0) is 42.3 Å². The van der Waals surface area contributed by atoms with Crippen LogP contribution >= 0.6 is 0 Å². The van der Waals surface area contributed by atoms with Crippen molar-refractivity contribution in [3.63, 3.8) is 0 Å². The van der Waals surface area contributed by atoms with Crippen LogP contribution in [0.5, 0.6) is 11.5 Å². The largest absolute Gasteiger partial charge is 0.493 e. The molecule has 204 valence electrons. The Morgan fingerprint density at radius 2 is 1.71 bits per heavy atom. The third kappa shape index (κ3) is 5.38. The number of hydrogen-bond donors (Lipinski definition) is 2. The highest BCUT2D eigenvalue weighted by Gasteiger charge is 2.35. The molecule has 2 N–H and O–H groups in total. The van der Waals surface area contributed by atoms with Crippen LogP contribution in [0.4, 0.5) is 11.8 Å². The van der Waals surface area contributed by atoms with E-state index in [1.165, 1.54) is 0 Å². The Morgan fingerprint density at radius 1 is 0.951 bits per heavy atom. The smallest absolute Gasteiger partial charge is 0.257 e. The summed E-state index contributed by atoms with van der Waals surface area (Å²) in [4.78, 5) is 22.8. The molecule has 1 unspecified atom stereocenters. The zero-order chi connectivity index (χ0) is 28.2. The lowest BCUT2D eigenvalue weighted by molar-refractivity contribution is -0.113. The molecule has 0 spiro atoms.